The van der Waals surface area contributed by atoms with Crippen LogP contribution in [0.3, 0.4) is 0 Å². The normalized spacial score (nSPS) is 8.18. The summed E-state index contributed by atoms with van der Waals surface area (Å²) in [6, 6.07) is 7.47. The molecule has 3 heteroatoms. The molecule has 0 radical (unpaired) electrons. The summed E-state index contributed by atoms with van der Waals surface area (Å²) in [5, 5.41) is 0. The molecule has 0 bridgehead atoms. The van der Waals surface area contributed by atoms with E-state index in [1.54, 1.807) is 14.2 Å². The molecule has 0 fully saturated rings. The second-order valence-corrected chi connectivity index (χ2v) is 1.88. The van der Waals surface area contributed by atoms with Gasteiger partial charge in [0, 0.05) is 6.07 Å². The summed E-state index contributed by atoms with van der Waals surface area (Å²) >= 11 is 0. The van der Waals surface area contributed by atoms with Gasteiger partial charge in [0.15, 0.2) is 0 Å². The van der Waals surface area contributed by atoms with Gasteiger partial charge in [-0.05, 0) is 12.1 Å². The Morgan fingerprint density at radius 3 is 1.82 bits per heavy atom. The number of rotatable bonds is 2. The first-order valence-electron chi connectivity index (χ1n) is 3.05. The number of hydrogen-bond donors (Lipinski definition) is 0. The van der Waals surface area contributed by atoms with Gasteiger partial charge >= 0.3 is 26.2 Å². The number of ether oxygens (including phenoxy) is 2. The van der Waals surface area contributed by atoms with E-state index < -0.39 is 0 Å². The van der Waals surface area contributed by atoms with Crippen molar-refractivity contribution in [2.75, 3.05) is 14.2 Å². The number of methoxy groups -OCH3 is 2. The molecule has 0 aliphatic heterocycles. The second kappa shape index (κ2) is 5.37. The Balaban J connectivity index is 0.000001000. The molecule has 0 aromatic heterocycles. The van der Waals surface area contributed by atoms with Gasteiger partial charge in [-0.15, -0.1) is 0 Å². The van der Waals surface area contributed by atoms with E-state index >= 15 is 0 Å². The average molecular weight is 350 g/mol. The maximum absolute atomic E-state index is 4.98. The fourth-order valence-electron chi connectivity index (χ4n) is 0.728. The van der Waals surface area contributed by atoms with Crippen molar-refractivity contribution in [3.8, 4) is 11.5 Å². The fourth-order valence-corrected chi connectivity index (χ4v) is 0.728. The molecule has 0 saturated heterocycles. The van der Waals surface area contributed by atoms with Crippen LogP contribution in [0.5, 0.6) is 11.5 Å². The molecule has 0 heterocycles. The Labute approximate surface area is 85.6 Å². The van der Waals surface area contributed by atoms with Crippen molar-refractivity contribution in [3.63, 3.8) is 0 Å². The van der Waals surface area contributed by atoms with Gasteiger partial charge in [-0.1, -0.05) is 6.07 Å². The van der Waals surface area contributed by atoms with Crippen molar-refractivity contribution in [3.05, 3.63) is 24.3 Å². The zero-order chi connectivity index (χ0) is 7.40. The van der Waals surface area contributed by atoms with Crippen LogP contribution in [0.4, 0.5) is 0 Å². The molecule has 2 nitrogen and oxygen atoms in total. The quantitative estimate of drug-likeness (QED) is 0.725. The summed E-state index contributed by atoms with van der Waals surface area (Å²) in [4.78, 5) is 0. The van der Waals surface area contributed by atoms with Gasteiger partial charge < -0.3 is 9.47 Å². The van der Waals surface area contributed by atoms with Crippen molar-refractivity contribution in [1.82, 2.24) is 0 Å². The standard InChI is InChI=1S/C8H10O2.Bi.3H/c1-9-7-4-3-5-8(6-7)10-2;;;;/h3-6H,1-2H3;;;;. The summed E-state index contributed by atoms with van der Waals surface area (Å²) < 4.78 is 9.95. The first kappa shape index (κ1) is 10.7. The Morgan fingerprint density at radius 2 is 1.45 bits per heavy atom. The Bertz CT molecular complexity index is 194. The molecule has 0 saturated carbocycles. The Kier molecular flexibility index (Phi) is 5.22. The van der Waals surface area contributed by atoms with Gasteiger partial charge in [-0.25, -0.2) is 0 Å². The molecular weight excluding hydrogens is 337 g/mol. The van der Waals surface area contributed by atoms with E-state index in [0.29, 0.717) is 0 Å². The maximum atomic E-state index is 4.98. The van der Waals surface area contributed by atoms with Gasteiger partial charge in [-0.2, -0.15) is 0 Å². The molecule has 1 rings (SSSR count). The Morgan fingerprint density at radius 1 is 1.00 bits per heavy atom. The summed E-state index contributed by atoms with van der Waals surface area (Å²) in [7, 11) is 3.27. The van der Waals surface area contributed by atoms with Crippen LogP contribution >= 0.6 is 0 Å². The molecule has 62 valence electrons. The SMILES string of the molecule is COc1cccc(OC)c1.[BiH3]. The number of hydrogen-bond acceptors (Lipinski definition) is 2. The third-order valence-electron chi connectivity index (χ3n) is 1.28. The van der Waals surface area contributed by atoms with Gasteiger partial charge in [0.2, 0.25) is 0 Å². The van der Waals surface area contributed by atoms with E-state index in [1.807, 2.05) is 24.3 Å². The minimum atomic E-state index is 0. The second-order valence-electron chi connectivity index (χ2n) is 1.88. The molecule has 1 aromatic carbocycles. The molecule has 0 amide bonds. The summed E-state index contributed by atoms with van der Waals surface area (Å²) in [6.07, 6.45) is 0. The van der Waals surface area contributed by atoms with Crippen LogP contribution in [0.2, 0.25) is 0 Å². The first-order chi connectivity index (χ1) is 4.86. The molecular formula is C8H13BiO2. The van der Waals surface area contributed by atoms with Crippen molar-refractivity contribution >= 4 is 26.2 Å². The first-order valence-corrected chi connectivity index (χ1v) is 3.05. The number of benzene rings is 1. The van der Waals surface area contributed by atoms with Gasteiger partial charge in [-0.3, -0.25) is 0 Å². The zero-order valence-electron chi connectivity index (χ0n) is 6.83. The molecule has 0 aliphatic rings. The van der Waals surface area contributed by atoms with Crippen LogP contribution in [0.15, 0.2) is 24.3 Å². The van der Waals surface area contributed by atoms with Crippen molar-refractivity contribution in [2.24, 2.45) is 0 Å². The molecule has 0 aliphatic carbocycles. The van der Waals surface area contributed by atoms with Crippen molar-refractivity contribution in [2.45, 2.75) is 0 Å². The van der Waals surface area contributed by atoms with Gasteiger partial charge in [0.25, 0.3) is 0 Å². The fraction of sp³-hybridized carbons (Fsp3) is 0.250. The van der Waals surface area contributed by atoms with E-state index in [1.165, 1.54) is 0 Å². The Hall–Kier alpha value is -0.297. The zero-order valence-corrected chi connectivity index (χ0v) is 12.3. The van der Waals surface area contributed by atoms with Crippen LogP contribution in [-0.2, 0) is 0 Å². The van der Waals surface area contributed by atoms with E-state index in [4.69, 9.17) is 9.47 Å². The van der Waals surface area contributed by atoms with Crippen LogP contribution in [0, 0.1) is 0 Å². The van der Waals surface area contributed by atoms with Crippen molar-refractivity contribution in [1.29, 1.82) is 0 Å². The van der Waals surface area contributed by atoms with Crippen molar-refractivity contribution < 1.29 is 9.47 Å². The summed E-state index contributed by atoms with van der Waals surface area (Å²) in [5.74, 6) is 1.64. The van der Waals surface area contributed by atoms with E-state index in [9.17, 15) is 0 Å². The molecule has 0 unspecified atom stereocenters. The van der Waals surface area contributed by atoms with Gasteiger partial charge in [0.1, 0.15) is 11.5 Å². The van der Waals surface area contributed by atoms with E-state index in [-0.39, 0.29) is 26.2 Å². The third-order valence-corrected chi connectivity index (χ3v) is 1.28. The average Bonchev–Trinajstić information content (AvgIpc) is 2.05. The third kappa shape index (κ3) is 3.07. The molecule has 0 atom stereocenters. The summed E-state index contributed by atoms with van der Waals surface area (Å²) in [5.41, 5.74) is 0. The molecule has 11 heavy (non-hydrogen) atoms. The van der Waals surface area contributed by atoms with E-state index in [0.717, 1.165) is 11.5 Å². The van der Waals surface area contributed by atoms with Crippen LogP contribution in [0.1, 0.15) is 0 Å². The molecule has 0 N–H and O–H groups in total. The van der Waals surface area contributed by atoms with Crippen LogP contribution < -0.4 is 9.47 Å². The minimum absolute atomic E-state index is 0. The molecule has 1 aromatic rings. The molecule has 0 spiro atoms. The topological polar surface area (TPSA) is 18.5 Å². The summed E-state index contributed by atoms with van der Waals surface area (Å²) in [6.45, 7) is 0. The van der Waals surface area contributed by atoms with Crippen LogP contribution in [-0.4, -0.2) is 40.4 Å². The predicted octanol–water partition coefficient (Wildman–Crippen LogP) is 0.520. The van der Waals surface area contributed by atoms with Gasteiger partial charge in [0.05, 0.1) is 14.2 Å². The monoisotopic (exact) mass is 350 g/mol. The van der Waals surface area contributed by atoms with E-state index in [2.05, 4.69) is 0 Å². The predicted molar refractivity (Wildman–Crippen MR) is 49.5 cm³/mol. The van der Waals surface area contributed by atoms with Crippen LogP contribution in [0.25, 0.3) is 0 Å².